The van der Waals surface area contributed by atoms with Crippen LogP contribution in [-0.2, 0) is 4.74 Å². The molecular weight excluding hydrogens is 266 g/mol. The Morgan fingerprint density at radius 3 is 2.76 bits per heavy atom. The molecule has 3 rings (SSSR count). The van der Waals surface area contributed by atoms with Gasteiger partial charge >= 0.3 is 6.03 Å². The van der Waals surface area contributed by atoms with Crippen molar-refractivity contribution < 1.29 is 9.53 Å². The zero-order valence-corrected chi connectivity index (χ0v) is 13.2. The molecule has 120 valence electrons. The predicted octanol–water partition coefficient (Wildman–Crippen LogP) is 1.82. The molecule has 3 saturated heterocycles. The van der Waals surface area contributed by atoms with Crippen molar-refractivity contribution in [3.63, 3.8) is 0 Å². The van der Waals surface area contributed by atoms with Crippen LogP contribution >= 0.6 is 0 Å². The molecule has 0 aliphatic carbocycles. The molecule has 5 heteroatoms. The van der Waals surface area contributed by atoms with Crippen molar-refractivity contribution in [3.8, 4) is 0 Å². The molecule has 0 aromatic heterocycles. The minimum Gasteiger partial charge on any atom is -0.373 e. The highest BCUT2D eigenvalue weighted by Crippen LogP contribution is 2.34. The average molecular weight is 295 g/mol. The number of hydrogen-bond acceptors (Lipinski definition) is 3. The van der Waals surface area contributed by atoms with Crippen LogP contribution < -0.4 is 5.32 Å². The molecule has 3 aliphatic heterocycles. The average Bonchev–Trinajstić information content (AvgIpc) is 3.20. The number of nitrogens with zero attached hydrogens (tertiary/aromatic N) is 2. The summed E-state index contributed by atoms with van der Waals surface area (Å²) in [5, 5.41) is 3.19. The molecule has 0 aromatic rings. The number of ether oxygens (including phenoxy) is 1. The minimum absolute atomic E-state index is 0.0973. The lowest BCUT2D eigenvalue weighted by Crippen LogP contribution is -2.48. The van der Waals surface area contributed by atoms with E-state index < -0.39 is 0 Å². The van der Waals surface area contributed by atoms with Crippen LogP contribution in [0.1, 0.15) is 45.4 Å². The van der Waals surface area contributed by atoms with Crippen molar-refractivity contribution in [1.29, 1.82) is 0 Å². The van der Waals surface area contributed by atoms with Gasteiger partial charge in [0.15, 0.2) is 0 Å². The molecule has 0 radical (unpaired) electrons. The first-order valence-corrected chi connectivity index (χ1v) is 8.69. The normalized spacial score (nSPS) is 31.8. The van der Waals surface area contributed by atoms with E-state index in [1.165, 1.54) is 32.4 Å². The lowest BCUT2D eigenvalue weighted by atomic mass is 9.96. The van der Waals surface area contributed by atoms with Crippen molar-refractivity contribution in [2.45, 2.75) is 63.7 Å². The summed E-state index contributed by atoms with van der Waals surface area (Å²) in [6, 6.07) is 0.337. The van der Waals surface area contributed by atoms with Gasteiger partial charge in [0, 0.05) is 13.1 Å². The Balaban J connectivity index is 1.38. The first-order valence-electron chi connectivity index (χ1n) is 8.69. The van der Waals surface area contributed by atoms with Gasteiger partial charge in [-0.25, -0.2) is 4.79 Å². The van der Waals surface area contributed by atoms with Gasteiger partial charge in [0.1, 0.15) is 0 Å². The molecule has 3 unspecified atom stereocenters. The summed E-state index contributed by atoms with van der Waals surface area (Å²) in [7, 11) is 0. The Morgan fingerprint density at radius 1 is 1.33 bits per heavy atom. The van der Waals surface area contributed by atoms with Crippen molar-refractivity contribution in [2.24, 2.45) is 0 Å². The van der Waals surface area contributed by atoms with Gasteiger partial charge in [-0.05, 0) is 65.1 Å². The number of amides is 2. The number of nitrogens with one attached hydrogen (secondary N) is 1. The molecule has 2 amide bonds. The molecule has 3 fully saturated rings. The Bertz CT molecular complexity index is 357. The smallest absolute Gasteiger partial charge is 0.317 e. The molecule has 0 saturated carbocycles. The minimum atomic E-state index is 0.0973. The van der Waals surface area contributed by atoms with Gasteiger partial charge < -0.3 is 19.9 Å². The number of urea groups is 1. The van der Waals surface area contributed by atoms with Gasteiger partial charge in [0.05, 0.1) is 18.2 Å². The van der Waals surface area contributed by atoms with E-state index in [9.17, 15) is 4.79 Å². The standard InChI is InChI=1S/C16H29N3O2/c1-2-19(11-5-10-18-8-3-4-9-18)16(20)17-14-12-13-6-7-15(14)21-13/h13-15H,2-12H2,1H3,(H,17,20). The second-order valence-corrected chi connectivity index (χ2v) is 6.65. The second-order valence-electron chi connectivity index (χ2n) is 6.65. The van der Waals surface area contributed by atoms with Gasteiger partial charge in [0.2, 0.25) is 0 Å². The molecule has 3 atom stereocenters. The van der Waals surface area contributed by atoms with E-state index >= 15 is 0 Å². The fourth-order valence-corrected chi connectivity index (χ4v) is 3.93. The Morgan fingerprint density at radius 2 is 2.14 bits per heavy atom. The summed E-state index contributed by atoms with van der Waals surface area (Å²) in [5.74, 6) is 0. The van der Waals surface area contributed by atoms with E-state index in [2.05, 4.69) is 17.1 Å². The number of likely N-dealkylation sites (tertiary alicyclic amines) is 1. The molecular formula is C16H29N3O2. The van der Waals surface area contributed by atoms with E-state index in [0.29, 0.717) is 6.10 Å². The maximum atomic E-state index is 12.4. The maximum Gasteiger partial charge on any atom is 0.317 e. The Labute approximate surface area is 128 Å². The van der Waals surface area contributed by atoms with Crippen molar-refractivity contribution in [3.05, 3.63) is 0 Å². The van der Waals surface area contributed by atoms with E-state index in [1.807, 2.05) is 4.90 Å². The highest BCUT2D eigenvalue weighted by molar-refractivity contribution is 5.74. The van der Waals surface area contributed by atoms with Crippen LogP contribution in [0.2, 0.25) is 0 Å². The van der Waals surface area contributed by atoms with Crippen LogP contribution in [0.15, 0.2) is 0 Å². The topological polar surface area (TPSA) is 44.8 Å². The molecule has 2 bridgehead atoms. The first kappa shape index (κ1) is 15.1. The van der Waals surface area contributed by atoms with Gasteiger partial charge in [-0.2, -0.15) is 0 Å². The van der Waals surface area contributed by atoms with E-state index in [4.69, 9.17) is 4.74 Å². The summed E-state index contributed by atoms with van der Waals surface area (Å²) < 4.78 is 5.81. The SMILES string of the molecule is CCN(CCCN1CCCC1)C(=O)NC1CC2CCC1O2. The summed E-state index contributed by atoms with van der Waals surface area (Å²) in [4.78, 5) is 16.8. The van der Waals surface area contributed by atoms with E-state index in [-0.39, 0.29) is 18.2 Å². The van der Waals surface area contributed by atoms with Gasteiger partial charge in [-0.15, -0.1) is 0 Å². The number of carbonyl (C=O) groups excluding carboxylic acids is 1. The Kier molecular flexibility index (Phi) is 5.01. The first-order chi connectivity index (χ1) is 10.3. The molecule has 3 aliphatic rings. The van der Waals surface area contributed by atoms with Crippen LogP contribution in [0.25, 0.3) is 0 Å². The number of fused-ring (bicyclic) bond motifs is 2. The van der Waals surface area contributed by atoms with Crippen LogP contribution in [0.4, 0.5) is 4.79 Å². The maximum absolute atomic E-state index is 12.4. The predicted molar refractivity (Wildman–Crippen MR) is 82.4 cm³/mol. The summed E-state index contributed by atoms with van der Waals surface area (Å²) >= 11 is 0. The van der Waals surface area contributed by atoms with Crippen molar-refractivity contribution in [1.82, 2.24) is 15.1 Å². The molecule has 21 heavy (non-hydrogen) atoms. The van der Waals surface area contributed by atoms with Crippen molar-refractivity contribution >= 4 is 6.03 Å². The quantitative estimate of drug-likeness (QED) is 0.813. The summed E-state index contributed by atoms with van der Waals surface area (Å²) in [6.45, 7) is 7.31. The zero-order chi connectivity index (χ0) is 14.7. The number of hydrogen-bond donors (Lipinski definition) is 1. The Hall–Kier alpha value is -0.810. The van der Waals surface area contributed by atoms with Crippen LogP contribution in [-0.4, -0.2) is 66.8 Å². The summed E-state index contributed by atoms with van der Waals surface area (Å²) in [5.41, 5.74) is 0. The van der Waals surface area contributed by atoms with Crippen LogP contribution in [0.5, 0.6) is 0 Å². The van der Waals surface area contributed by atoms with Crippen LogP contribution in [0.3, 0.4) is 0 Å². The van der Waals surface area contributed by atoms with Crippen molar-refractivity contribution in [2.75, 3.05) is 32.7 Å². The molecule has 5 nitrogen and oxygen atoms in total. The van der Waals surface area contributed by atoms with Gasteiger partial charge in [-0.3, -0.25) is 0 Å². The van der Waals surface area contributed by atoms with Crippen LogP contribution in [0, 0.1) is 0 Å². The highest BCUT2D eigenvalue weighted by atomic mass is 16.5. The lowest BCUT2D eigenvalue weighted by Gasteiger charge is -2.27. The van der Waals surface area contributed by atoms with E-state index in [1.54, 1.807) is 0 Å². The molecule has 3 heterocycles. The second kappa shape index (κ2) is 6.97. The fourth-order valence-electron chi connectivity index (χ4n) is 3.93. The third-order valence-corrected chi connectivity index (χ3v) is 5.18. The molecule has 0 spiro atoms. The fraction of sp³-hybridized carbons (Fsp3) is 0.938. The van der Waals surface area contributed by atoms with Gasteiger partial charge in [-0.1, -0.05) is 0 Å². The van der Waals surface area contributed by atoms with E-state index in [0.717, 1.165) is 38.9 Å². The largest absolute Gasteiger partial charge is 0.373 e. The zero-order valence-electron chi connectivity index (χ0n) is 13.2. The summed E-state index contributed by atoms with van der Waals surface area (Å²) in [6.07, 6.45) is 7.69. The number of carbonyl (C=O) groups is 1. The number of rotatable bonds is 6. The van der Waals surface area contributed by atoms with Gasteiger partial charge in [0.25, 0.3) is 0 Å². The third kappa shape index (κ3) is 3.69. The monoisotopic (exact) mass is 295 g/mol. The lowest BCUT2D eigenvalue weighted by molar-refractivity contribution is 0.0970. The molecule has 1 N–H and O–H groups in total. The highest BCUT2D eigenvalue weighted by Gasteiger charge is 2.41. The molecule has 0 aromatic carbocycles. The third-order valence-electron chi connectivity index (χ3n) is 5.18.